The van der Waals surface area contributed by atoms with E-state index in [1.165, 1.54) is 0 Å². The minimum absolute atomic E-state index is 0.0000430. The van der Waals surface area contributed by atoms with Gasteiger partial charge >= 0.3 is 0 Å². The summed E-state index contributed by atoms with van der Waals surface area (Å²) in [5.41, 5.74) is 1.77. The molecule has 2 amide bonds. The molecule has 0 aromatic heterocycles. The average molecular weight is 312 g/mol. The highest BCUT2D eigenvalue weighted by Gasteiger charge is 2.39. The molecule has 0 radical (unpaired) electrons. The second-order valence-electron chi connectivity index (χ2n) is 6.95. The predicted molar refractivity (Wildman–Crippen MR) is 90.6 cm³/mol. The number of anilines is 1. The van der Waals surface area contributed by atoms with Gasteiger partial charge in [0.1, 0.15) is 0 Å². The van der Waals surface area contributed by atoms with E-state index in [0.29, 0.717) is 18.4 Å². The summed E-state index contributed by atoms with van der Waals surface area (Å²) in [5.74, 6) is 1.26. The van der Waals surface area contributed by atoms with Crippen LogP contribution in [-0.2, 0) is 16.1 Å². The van der Waals surface area contributed by atoms with Crippen LogP contribution in [0.3, 0.4) is 0 Å². The van der Waals surface area contributed by atoms with Crippen LogP contribution >= 0.6 is 0 Å². The zero-order valence-corrected chi connectivity index (χ0v) is 13.7. The number of rotatable bonds is 5. The molecule has 1 aromatic carbocycles. The van der Waals surface area contributed by atoms with Crippen molar-refractivity contribution in [3.05, 3.63) is 42.0 Å². The van der Waals surface area contributed by atoms with E-state index < -0.39 is 0 Å². The first-order valence-electron chi connectivity index (χ1n) is 8.39. The monoisotopic (exact) mass is 312 g/mol. The quantitative estimate of drug-likeness (QED) is 0.821. The van der Waals surface area contributed by atoms with Crippen LogP contribution in [0.25, 0.3) is 0 Å². The van der Waals surface area contributed by atoms with Gasteiger partial charge in [0.2, 0.25) is 11.8 Å². The molecule has 122 valence electrons. The van der Waals surface area contributed by atoms with Gasteiger partial charge in [-0.15, -0.1) is 0 Å². The van der Waals surface area contributed by atoms with E-state index in [4.69, 9.17) is 0 Å². The zero-order chi connectivity index (χ0) is 16.4. The molecule has 0 aliphatic heterocycles. The summed E-state index contributed by atoms with van der Waals surface area (Å²) in [5, 5.41) is 5.93. The fraction of sp³-hybridized carbons (Fsp3) is 0.474. The Kier molecular flexibility index (Phi) is 4.51. The van der Waals surface area contributed by atoms with E-state index in [9.17, 15) is 9.59 Å². The highest BCUT2D eigenvalue weighted by atomic mass is 16.2. The number of hydrogen-bond acceptors (Lipinski definition) is 2. The molecular formula is C19H24N2O2. The molecule has 0 spiro atoms. The van der Waals surface area contributed by atoms with Crippen molar-refractivity contribution in [2.45, 2.75) is 33.2 Å². The maximum absolute atomic E-state index is 12.3. The Hall–Kier alpha value is -2.10. The highest BCUT2D eigenvalue weighted by molar-refractivity contribution is 5.92. The molecule has 23 heavy (non-hydrogen) atoms. The van der Waals surface area contributed by atoms with Crippen LogP contribution in [0, 0.1) is 23.7 Å². The van der Waals surface area contributed by atoms with Crippen LogP contribution in [0.4, 0.5) is 5.69 Å². The molecule has 2 bridgehead atoms. The highest BCUT2D eigenvalue weighted by Crippen LogP contribution is 2.43. The molecule has 2 aliphatic carbocycles. The third kappa shape index (κ3) is 3.63. The van der Waals surface area contributed by atoms with Crippen LogP contribution in [0.1, 0.15) is 32.3 Å². The summed E-state index contributed by atoms with van der Waals surface area (Å²) < 4.78 is 0. The van der Waals surface area contributed by atoms with Crippen LogP contribution in [0.5, 0.6) is 0 Å². The van der Waals surface area contributed by atoms with Gasteiger partial charge in [0.15, 0.2) is 0 Å². The Balaban J connectivity index is 1.55. The molecule has 3 unspecified atom stereocenters. The zero-order valence-electron chi connectivity index (χ0n) is 13.7. The number of allylic oxidation sites excluding steroid dienone is 2. The molecule has 2 aliphatic rings. The van der Waals surface area contributed by atoms with Crippen molar-refractivity contribution in [1.29, 1.82) is 0 Å². The van der Waals surface area contributed by atoms with Gasteiger partial charge in [-0.1, -0.05) is 38.1 Å². The molecule has 4 heteroatoms. The van der Waals surface area contributed by atoms with Crippen molar-refractivity contribution in [1.82, 2.24) is 5.32 Å². The number of hydrogen-bond donors (Lipinski definition) is 2. The van der Waals surface area contributed by atoms with Gasteiger partial charge in [0.25, 0.3) is 0 Å². The summed E-state index contributed by atoms with van der Waals surface area (Å²) in [4.78, 5) is 24.1. The molecular weight excluding hydrogens is 288 g/mol. The Morgan fingerprint density at radius 3 is 2.70 bits per heavy atom. The summed E-state index contributed by atoms with van der Waals surface area (Å²) in [6, 6.07) is 7.65. The molecule has 1 fully saturated rings. The number of nitrogens with one attached hydrogen (secondary N) is 2. The maximum Gasteiger partial charge on any atom is 0.226 e. The Labute approximate surface area is 137 Å². The molecule has 1 saturated carbocycles. The lowest BCUT2D eigenvalue weighted by Gasteiger charge is -2.17. The van der Waals surface area contributed by atoms with E-state index in [2.05, 4.69) is 22.8 Å². The molecule has 2 N–H and O–H groups in total. The van der Waals surface area contributed by atoms with Crippen molar-refractivity contribution in [2.24, 2.45) is 23.7 Å². The van der Waals surface area contributed by atoms with Gasteiger partial charge < -0.3 is 10.6 Å². The lowest BCUT2D eigenvalue weighted by molar-refractivity contribution is -0.126. The Morgan fingerprint density at radius 1 is 1.22 bits per heavy atom. The van der Waals surface area contributed by atoms with Crippen molar-refractivity contribution in [3.63, 3.8) is 0 Å². The topological polar surface area (TPSA) is 58.2 Å². The van der Waals surface area contributed by atoms with Crippen molar-refractivity contribution >= 4 is 17.5 Å². The molecule has 0 saturated heterocycles. The van der Waals surface area contributed by atoms with E-state index in [-0.39, 0.29) is 23.7 Å². The fourth-order valence-electron chi connectivity index (χ4n) is 3.45. The predicted octanol–water partition coefficient (Wildman–Crippen LogP) is 3.11. The van der Waals surface area contributed by atoms with E-state index >= 15 is 0 Å². The van der Waals surface area contributed by atoms with Gasteiger partial charge in [-0.3, -0.25) is 9.59 Å². The smallest absolute Gasteiger partial charge is 0.226 e. The van der Waals surface area contributed by atoms with Crippen LogP contribution in [0.2, 0.25) is 0 Å². The van der Waals surface area contributed by atoms with Gasteiger partial charge in [-0.25, -0.2) is 0 Å². The van der Waals surface area contributed by atoms with Crippen LogP contribution in [0.15, 0.2) is 36.4 Å². The first-order valence-corrected chi connectivity index (χ1v) is 8.39. The molecule has 1 aromatic rings. The van der Waals surface area contributed by atoms with Gasteiger partial charge in [-0.2, -0.15) is 0 Å². The van der Waals surface area contributed by atoms with E-state index in [0.717, 1.165) is 24.1 Å². The summed E-state index contributed by atoms with van der Waals surface area (Å²) in [6.07, 6.45) is 6.56. The normalized spacial score (nSPS) is 24.9. The number of fused-ring (bicyclic) bond motifs is 2. The minimum atomic E-state index is -0.0517. The largest absolute Gasteiger partial charge is 0.352 e. The Morgan fingerprint density at radius 2 is 2.04 bits per heavy atom. The maximum atomic E-state index is 12.3. The fourth-order valence-corrected chi connectivity index (χ4v) is 3.45. The SMILES string of the molecule is CC(C)C(=O)Nc1cccc(CNC(=O)C2CC3C=CC2C3)c1. The number of carbonyl (C=O) groups excluding carboxylic acids is 2. The second kappa shape index (κ2) is 6.57. The number of benzene rings is 1. The first kappa shape index (κ1) is 15.8. The average Bonchev–Trinajstić information content (AvgIpc) is 3.16. The third-order valence-electron chi connectivity index (χ3n) is 4.80. The van der Waals surface area contributed by atoms with Gasteiger partial charge in [-0.05, 0) is 42.4 Å². The summed E-state index contributed by atoms with van der Waals surface area (Å²) in [6.45, 7) is 4.23. The summed E-state index contributed by atoms with van der Waals surface area (Å²) >= 11 is 0. The molecule has 0 heterocycles. The molecule has 3 rings (SSSR count). The van der Waals surface area contributed by atoms with Crippen LogP contribution in [-0.4, -0.2) is 11.8 Å². The van der Waals surface area contributed by atoms with Crippen LogP contribution < -0.4 is 10.6 Å². The molecule has 3 atom stereocenters. The van der Waals surface area contributed by atoms with Crippen molar-refractivity contribution in [3.8, 4) is 0 Å². The lowest BCUT2D eigenvalue weighted by Crippen LogP contribution is -2.32. The number of amides is 2. The van der Waals surface area contributed by atoms with E-state index in [1.54, 1.807) is 0 Å². The summed E-state index contributed by atoms with van der Waals surface area (Å²) in [7, 11) is 0. The molecule has 4 nitrogen and oxygen atoms in total. The lowest BCUT2D eigenvalue weighted by atomic mass is 9.93. The van der Waals surface area contributed by atoms with Gasteiger partial charge in [0, 0.05) is 24.1 Å². The van der Waals surface area contributed by atoms with Gasteiger partial charge in [0.05, 0.1) is 0 Å². The van der Waals surface area contributed by atoms with Crippen molar-refractivity contribution in [2.75, 3.05) is 5.32 Å². The minimum Gasteiger partial charge on any atom is -0.352 e. The third-order valence-corrected chi connectivity index (χ3v) is 4.80. The second-order valence-corrected chi connectivity index (χ2v) is 6.95. The Bertz CT molecular complexity index is 636. The van der Waals surface area contributed by atoms with E-state index in [1.807, 2.05) is 38.1 Å². The number of carbonyl (C=O) groups is 2. The first-order chi connectivity index (χ1) is 11.0. The standard InChI is InChI=1S/C19H24N2O2/c1-12(2)18(22)21-16-5-3-4-14(9-16)11-20-19(23)17-10-13-6-7-15(17)8-13/h3-7,9,12-13,15,17H,8,10-11H2,1-2H3,(H,20,23)(H,21,22). The van der Waals surface area contributed by atoms with Crippen molar-refractivity contribution < 1.29 is 9.59 Å².